The van der Waals surface area contributed by atoms with Crippen molar-refractivity contribution in [3.05, 3.63) is 23.3 Å². The third-order valence-corrected chi connectivity index (χ3v) is 3.73. The van der Waals surface area contributed by atoms with Crippen LogP contribution in [-0.2, 0) is 4.79 Å². The third-order valence-electron chi connectivity index (χ3n) is 2.86. The number of aryl methyl sites for hydroxylation is 1. The summed E-state index contributed by atoms with van der Waals surface area (Å²) in [5.41, 5.74) is 1.94. The lowest BCUT2D eigenvalue weighted by Gasteiger charge is -2.19. The van der Waals surface area contributed by atoms with Crippen LogP contribution in [-0.4, -0.2) is 36.3 Å². The van der Waals surface area contributed by atoms with Crippen molar-refractivity contribution in [3.8, 4) is 11.5 Å². The molecule has 0 aromatic heterocycles. The lowest BCUT2D eigenvalue weighted by atomic mass is 10.1. The molecule has 0 atom stereocenters. The van der Waals surface area contributed by atoms with Gasteiger partial charge in [0.25, 0.3) is 0 Å². The van der Waals surface area contributed by atoms with Crippen molar-refractivity contribution in [2.45, 2.75) is 6.92 Å². The summed E-state index contributed by atoms with van der Waals surface area (Å²) >= 11 is 1.34. The lowest BCUT2D eigenvalue weighted by Crippen LogP contribution is -2.19. The van der Waals surface area contributed by atoms with Gasteiger partial charge in [-0.1, -0.05) is 11.8 Å². The summed E-state index contributed by atoms with van der Waals surface area (Å²) < 4.78 is 11.0. The summed E-state index contributed by atoms with van der Waals surface area (Å²) in [6.45, 7) is 3.10. The largest absolute Gasteiger partial charge is 0.486 e. The van der Waals surface area contributed by atoms with E-state index in [4.69, 9.17) is 9.47 Å². The van der Waals surface area contributed by atoms with E-state index < -0.39 is 0 Å². The second kappa shape index (κ2) is 5.54. The third kappa shape index (κ3) is 2.77. The van der Waals surface area contributed by atoms with E-state index in [0.29, 0.717) is 24.1 Å². The maximum Gasteiger partial charge on any atom is 0.236 e. The van der Waals surface area contributed by atoms with E-state index in [1.54, 1.807) is 6.21 Å². The van der Waals surface area contributed by atoms with E-state index in [0.717, 1.165) is 22.6 Å². The van der Waals surface area contributed by atoms with Crippen molar-refractivity contribution in [1.82, 2.24) is 5.32 Å². The number of fused-ring (bicyclic) bond motifs is 1. The molecular formula is C13H13N3O3S. The fraction of sp³-hybridized carbons (Fsp3) is 0.308. The Kier molecular flexibility index (Phi) is 3.60. The molecule has 3 rings (SSSR count). The fourth-order valence-electron chi connectivity index (χ4n) is 1.87. The monoisotopic (exact) mass is 291 g/mol. The Morgan fingerprint density at radius 1 is 1.30 bits per heavy atom. The molecule has 1 aromatic carbocycles. The number of nitrogens with one attached hydrogen (secondary N) is 1. The molecule has 2 aliphatic rings. The first-order chi connectivity index (χ1) is 9.72. The molecule has 104 valence electrons. The number of amidine groups is 1. The average Bonchev–Trinajstić information content (AvgIpc) is 2.85. The summed E-state index contributed by atoms with van der Waals surface area (Å²) in [5, 5.41) is 11.1. The van der Waals surface area contributed by atoms with E-state index >= 15 is 0 Å². The summed E-state index contributed by atoms with van der Waals surface area (Å²) in [7, 11) is 0. The zero-order valence-electron chi connectivity index (χ0n) is 10.9. The highest BCUT2D eigenvalue weighted by atomic mass is 32.2. The van der Waals surface area contributed by atoms with Crippen LogP contribution in [0.25, 0.3) is 0 Å². The molecule has 6 nitrogen and oxygen atoms in total. The molecule has 2 aliphatic heterocycles. The van der Waals surface area contributed by atoms with Crippen molar-refractivity contribution in [2.75, 3.05) is 19.0 Å². The number of rotatable bonds is 2. The maximum atomic E-state index is 11.0. The Bertz CT molecular complexity index is 613. The van der Waals surface area contributed by atoms with Crippen LogP contribution in [0.3, 0.4) is 0 Å². The zero-order valence-corrected chi connectivity index (χ0v) is 11.7. The van der Waals surface area contributed by atoms with Crippen LogP contribution in [0.2, 0.25) is 0 Å². The number of carbonyl (C=O) groups excluding carboxylic acids is 1. The Balaban J connectivity index is 1.78. The number of ether oxygens (including phenoxy) is 2. The van der Waals surface area contributed by atoms with Crippen molar-refractivity contribution in [2.24, 2.45) is 10.2 Å². The second-order valence-corrected chi connectivity index (χ2v) is 5.30. The van der Waals surface area contributed by atoms with Gasteiger partial charge in [-0.3, -0.25) is 4.79 Å². The van der Waals surface area contributed by atoms with Gasteiger partial charge in [-0.15, -0.1) is 5.10 Å². The molecule has 0 aliphatic carbocycles. The van der Waals surface area contributed by atoms with Crippen molar-refractivity contribution < 1.29 is 14.3 Å². The molecule has 1 aromatic rings. The quantitative estimate of drug-likeness (QED) is 0.659. The number of hydrogen-bond donors (Lipinski definition) is 1. The topological polar surface area (TPSA) is 72.3 Å². The van der Waals surface area contributed by atoms with Gasteiger partial charge >= 0.3 is 0 Å². The number of benzene rings is 1. The highest BCUT2D eigenvalue weighted by Gasteiger charge is 2.16. The number of thioether (sulfide) groups is 1. The molecule has 0 radical (unpaired) electrons. The number of hydrogen-bond acceptors (Lipinski definition) is 6. The first-order valence-electron chi connectivity index (χ1n) is 6.16. The molecule has 1 saturated heterocycles. The fourth-order valence-corrected chi connectivity index (χ4v) is 2.50. The molecule has 2 heterocycles. The van der Waals surface area contributed by atoms with Crippen LogP contribution in [0.5, 0.6) is 11.5 Å². The minimum Gasteiger partial charge on any atom is -0.486 e. The van der Waals surface area contributed by atoms with Crippen LogP contribution < -0.4 is 14.8 Å². The molecule has 7 heteroatoms. The minimum atomic E-state index is -0.0422. The van der Waals surface area contributed by atoms with E-state index in [2.05, 4.69) is 15.5 Å². The molecular weight excluding hydrogens is 278 g/mol. The normalized spacial score (nSPS) is 19.6. The summed E-state index contributed by atoms with van der Waals surface area (Å²) in [5.74, 6) is 1.84. The van der Waals surface area contributed by atoms with Gasteiger partial charge in [0, 0.05) is 5.56 Å². The standard InChI is InChI=1S/C13H13N3O3S/c1-8-4-10-11(19-3-2-18-10)5-9(8)6-14-16-13-15-12(17)7-20-13/h4-6H,2-3,7H2,1H3,(H,15,16,17). The van der Waals surface area contributed by atoms with Crippen LogP contribution >= 0.6 is 11.8 Å². The Hall–Kier alpha value is -2.02. The van der Waals surface area contributed by atoms with E-state index in [1.165, 1.54) is 11.8 Å². The molecule has 0 saturated carbocycles. The maximum absolute atomic E-state index is 11.0. The van der Waals surface area contributed by atoms with E-state index in [-0.39, 0.29) is 5.91 Å². The van der Waals surface area contributed by atoms with Gasteiger partial charge in [0.1, 0.15) is 13.2 Å². The van der Waals surface area contributed by atoms with Crippen molar-refractivity contribution in [3.63, 3.8) is 0 Å². The smallest absolute Gasteiger partial charge is 0.236 e. The highest BCUT2D eigenvalue weighted by molar-refractivity contribution is 8.15. The first kappa shape index (κ1) is 13.0. The van der Waals surface area contributed by atoms with E-state index in [1.807, 2.05) is 19.1 Å². The van der Waals surface area contributed by atoms with Crippen LogP contribution in [0.1, 0.15) is 11.1 Å². The molecule has 0 unspecified atom stereocenters. The Morgan fingerprint density at radius 2 is 2.05 bits per heavy atom. The lowest BCUT2D eigenvalue weighted by molar-refractivity contribution is -0.116. The van der Waals surface area contributed by atoms with Gasteiger partial charge < -0.3 is 14.8 Å². The van der Waals surface area contributed by atoms with Crippen molar-refractivity contribution in [1.29, 1.82) is 0 Å². The van der Waals surface area contributed by atoms with Crippen molar-refractivity contribution >= 4 is 29.1 Å². The summed E-state index contributed by atoms with van der Waals surface area (Å²) in [4.78, 5) is 11.0. The van der Waals surface area contributed by atoms with Crippen LogP contribution in [0.4, 0.5) is 0 Å². The van der Waals surface area contributed by atoms with Crippen LogP contribution in [0, 0.1) is 6.92 Å². The summed E-state index contributed by atoms with van der Waals surface area (Å²) in [6.07, 6.45) is 1.64. The van der Waals surface area contributed by atoms with Gasteiger partial charge in [-0.2, -0.15) is 5.10 Å². The van der Waals surface area contributed by atoms with E-state index in [9.17, 15) is 4.79 Å². The average molecular weight is 291 g/mol. The predicted octanol–water partition coefficient (Wildman–Crippen LogP) is 1.32. The summed E-state index contributed by atoms with van der Waals surface area (Å²) in [6, 6.07) is 3.81. The van der Waals surface area contributed by atoms with Gasteiger partial charge in [-0.05, 0) is 24.6 Å². The molecule has 1 amide bonds. The predicted molar refractivity (Wildman–Crippen MR) is 77.8 cm³/mol. The number of nitrogens with zero attached hydrogens (tertiary/aromatic N) is 2. The molecule has 1 fully saturated rings. The molecule has 1 N–H and O–H groups in total. The zero-order chi connectivity index (χ0) is 13.9. The molecule has 0 spiro atoms. The second-order valence-electron chi connectivity index (χ2n) is 4.34. The van der Waals surface area contributed by atoms with Gasteiger partial charge in [0.05, 0.1) is 12.0 Å². The minimum absolute atomic E-state index is 0.0422. The Labute approximate surface area is 120 Å². The number of carbonyl (C=O) groups is 1. The van der Waals surface area contributed by atoms with Gasteiger partial charge in [-0.25, -0.2) is 0 Å². The first-order valence-corrected chi connectivity index (χ1v) is 7.15. The molecule has 20 heavy (non-hydrogen) atoms. The van der Waals surface area contributed by atoms with Gasteiger partial charge in [0.2, 0.25) is 5.91 Å². The highest BCUT2D eigenvalue weighted by Crippen LogP contribution is 2.32. The van der Waals surface area contributed by atoms with Gasteiger partial charge in [0.15, 0.2) is 16.7 Å². The SMILES string of the molecule is Cc1cc2c(cc1C=NN=C1NC(=O)CS1)OCCO2. The van der Waals surface area contributed by atoms with Crippen LogP contribution in [0.15, 0.2) is 22.3 Å². The number of amides is 1. The molecule has 0 bridgehead atoms. The Morgan fingerprint density at radius 3 is 2.75 bits per heavy atom.